The number of nitrogens with one attached hydrogen (secondary N) is 1. The lowest BCUT2D eigenvalue weighted by Crippen LogP contribution is -2.27. The molecular weight excluding hydrogens is 265 g/mol. The van der Waals surface area contributed by atoms with Crippen molar-refractivity contribution in [3.05, 3.63) is 11.4 Å². The van der Waals surface area contributed by atoms with E-state index in [0.717, 1.165) is 11.3 Å². The molecule has 1 rings (SSSR count). The zero-order valence-corrected chi connectivity index (χ0v) is 9.55. The van der Waals surface area contributed by atoms with E-state index < -0.39 is 29.2 Å². The summed E-state index contributed by atoms with van der Waals surface area (Å²) >= 11 is 0.858. The number of alkyl halides is 3. The van der Waals surface area contributed by atoms with Crippen LogP contribution in [0.15, 0.2) is 15.7 Å². The second kappa shape index (κ2) is 4.60. The first-order valence-electron chi connectivity index (χ1n) is 4.11. The van der Waals surface area contributed by atoms with Gasteiger partial charge < -0.3 is 5.73 Å². The molecular formula is C7H9F3N2O2S2. The van der Waals surface area contributed by atoms with E-state index in [9.17, 15) is 21.6 Å². The van der Waals surface area contributed by atoms with Crippen molar-refractivity contribution in [1.29, 1.82) is 0 Å². The van der Waals surface area contributed by atoms with Crippen molar-refractivity contribution < 1.29 is 21.6 Å². The SMILES string of the molecule is Nc1csc(S(=O)(=O)NCCC(F)(F)F)c1. The monoisotopic (exact) mass is 274 g/mol. The summed E-state index contributed by atoms with van der Waals surface area (Å²) < 4.78 is 59.9. The van der Waals surface area contributed by atoms with E-state index in [1.165, 1.54) is 11.4 Å². The number of sulfonamides is 1. The summed E-state index contributed by atoms with van der Waals surface area (Å²) in [6, 6.07) is 1.20. The molecule has 1 heterocycles. The number of rotatable bonds is 4. The second-order valence-electron chi connectivity index (χ2n) is 2.96. The van der Waals surface area contributed by atoms with Crippen LogP contribution < -0.4 is 10.5 Å². The molecule has 0 unspecified atom stereocenters. The van der Waals surface area contributed by atoms with Gasteiger partial charge in [-0.05, 0) is 6.07 Å². The van der Waals surface area contributed by atoms with Gasteiger partial charge in [-0.25, -0.2) is 13.1 Å². The predicted molar refractivity (Wildman–Crippen MR) is 54.6 cm³/mol. The minimum atomic E-state index is -4.38. The van der Waals surface area contributed by atoms with E-state index in [-0.39, 0.29) is 9.90 Å². The molecule has 1 aromatic heterocycles. The highest BCUT2D eigenvalue weighted by atomic mass is 32.2. The summed E-state index contributed by atoms with van der Waals surface area (Å²) in [7, 11) is -3.87. The van der Waals surface area contributed by atoms with Crippen LogP contribution in [0.2, 0.25) is 0 Å². The Morgan fingerprint density at radius 3 is 2.50 bits per heavy atom. The summed E-state index contributed by atoms with van der Waals surface area (Å²) in [5.41, 5.74) is 5.58. The Labute approximate surface area is 94.3 Å². The van der Waals surface area contributed by atoms with Crippen LogP contribution in [0.5, 0.6) is 0 Å². The fourth-order valence-electron chi connectivity index (χ4n) is 0.869. The van der Waals surface area contributed by atoms with Crippen molar-refractivity contribution in [2.75, 3.05) is 12.3 Å². The van der Waals surface area contributed by atoms with Crippen LogP contribution in [0.3, 0.4) is 0 Å². The third-order valence-electron chi connectivity index (χ3n) is 1.56. The smallest absolute Gasteiger partial charge is 0.390 e. The van der Waals surface area contributed by atoms with Gasteiger partial charge in [0.1, 0.15) is 4.21 Å². The van der Waals surface area contributed by atoms with Crippen LogP contribution in [0.25, 0.3) is 0 Å². The topological polar surface area (TPSA) is 72.2 Å². The minimum absolute atomic E-state index is 0.0906. The van der Waals surface area contributed by atoms with Crippen molar-refractivity contribution in [2.24, 2.45) is 0 Å². The fourth-order valence-corrected chi connectivity index (χ4v) is 3.03. The Balaban J connectivity index is 2.60. The fraction of sp³-hybridized carbons (Fsp3) is 0.429. The van der Waals surface area contributed by atoms with E-state index in [0.29, 0.717) is 0 Å². The van der Waals surface area contributed by atoms with Gasteiger partial charge in [0.25, 0.3) is 0 Å². The number of hydrogen-bond donors (Lipinski definition) is 2. The molecule has 3 N–H and O–H groups in total. The molecule has 0 amide bonds. The molecule has 4 nitrogen and oxygen atoms in total. The molecule has 0 radical (unpaired) electrons. The Bertz CT molecular complexity index is 452. The zero-order chi connectivity index (χ0) is 12.4. The number of nitrogens with two attached hydrogens (primary N) is 1. The Morgan fingerprint density at radius 2 is 2.06 bits per heavy atom. The quantitative estimate of drug-likeness (QED) is 0.875. The predicted octanol–water partition coefficient (Wildman–Crippen LogP) is 1.56. The standard InChI is InChI=1S/C7H9F3N2O2S2/c8-7(9,10)1-2-12-16(13,14)6-3-5(11)4-15-6/h3-4,12H,1-2,11H2. The van der Waals surface area contributed by atoms with Crippen LogP contribution in [-0.4, -0.2) is 21.1 Å². The van der Waals surface area contributed by atoms with E-state index >= 15 is 0 Å². The zero-order valence-electron chi connectivity index (χ0n) is 7.91. The lowest BCUT2D eigenvalue weighted by molar-refractivity contribution is -0.132. The van der Waals surface area contributed by atoms with Crippen LogP contribution >= 0.6 is 11.3 Å². The first-order valence-corrected chi connectivity index (χ1v) is 6.47. The molecule has 0 aromatic carbocycles. The van der Waals surface area contributed by atoms with Crippen LogP contribution in [0.4, 0.5) is 18.9 Å². The van der Waals surface area contributed by atoms with Gasteiger partial charge >= 0.3 is 6.18 Å². The lowest BCUT2D eigenvalue weighted by atomic mass is 10.4. The van der Waals surface area contributed by atoms with Crippen LogP contribution in [-0.2, 0) is 10.0 Å². The average molecular weight is 274 g/mol. The van der Waals surface area contributed by atoms with Crippen molar-refractivity contribution in [3.8, 4) is 0 Å². The number of anilines is 1. The molecule has 0 fully saturated rings. The lowest BCUT2D eigenvalue weighted by Gasteiger charge is -2.07. The highest BCUT2D eigenvalue weighted by Gasteiger charge is 2.27. The molecule has 1 aromatic rings. The molecule has 0 saturated carbocycles. The molecule has 92 valence electrons. The van der Waals surface area contributed by atoms with E-state index in [1.54, 1.807) is 0 Å². The van der Waals surface area contributed by atoms with Crippen molar-refractivity contribution in [2.45, 2.75) is 16.8 Å². The summed E-state index contributed by atoms with van der Waals surface area (Å²) in [5.74, 6) is 0. The van der Waals surface area contributed by atoms with Gasteiger partial charge in [-0.15, -0.1) is 11.3 Å². The minimum Gasteiger partial charge on any atom is -0.398 e. The van der Waals surface area contributed by atoms with Crippen molar-refractivity contribution in [3.63, 3.8) is 0 Å². The van der Waals surface area contributed by atoms with E-state index in [1.807, 2.05) is 4.72 Å². The third-order valence-corrected chi connectivity index (χ3v) is 4.48. The molecule has 0 aliphatic carbocycles. The van der Waals surface area contributed by atoms with Gasteiger partial charge in [0.2, 0.25) is 10.0 Å². The summed E-state index contributed by atoms with van der Waals surface area (Å²) in [6.45, 7) is -0.677. The molecule has 0 saturated heterocycles. The molecule has 9 heteroatoms. The van der Waals surface area contributed by atoms with Crippen LogP contribution in [0.1, 0.15) is 6.42 Å². The largest absolute Gasteiger partial charge is 0.398 e. The van der Waals surface area contributed by atoms with Gasteiger partial charge in [0, 0.05) is 17.6 Å². The Kier molecular flexibility index (Phi) is 3.81. The summed E-state index contributed by atoms with van der Waals surface area (Å²) in [5, 5.41) is 1.40. The first kappa shape index (κ1) is 13.3. The maximum absolute atomic E-state index is 11.8. The highest BCUT2D eigenvalue weighted by Crippen LogP contribution is 2.22. The number of nitrogen functional groups attached to an aromatic ring is 1. The van der Waals surface area contributed by atoms with E-state index in [4.69, 9.17) is 5.73 Å². The molecule has 0 aliphatic rings. The normalized spacial score (nSPS) is 12.9. The Morgan fingerprint density at radius 1 is 1.44 bits per heavy atom. The number of thiophene rings is 1. The molecule has 0 spiro atoms. The maximum atomic E-state index is 11.8. The average Bonchev–Trinajstić information content (AvgIpc) is 2.49. The van der Waals surface area contributed by atoms with Gasteiger partial charge in [-0.3, -0.25) is 0 Å². The molecule has 0 bridgehead atoms. The van der Waals surface area contributed by atoms with Gasteiger partial charge in [0.05, 0.1) is 6.42 Å². The summed E-state index contributed by atoms with van der Waals surface area (Å²) in [4.78, 5) is 0. The third kappa shape index (κ3) is 3.99. The number of halogens is 3. The molecule has 0 aliphatic heterocycles. The van der Waals surface area contributed by atoms with Crippen molar-refractivity contribution in [1.82, 2.24) is 4.72 Å². The van der Waals surface area contributed by atoms with Gasteiger partial charge in [-0.1, -0.05) is 0 Å². The van der Waals surface area contributed by atoms with Crippen molar-refractivity contribution >= 4 is 27.0 Å². The van der Waals surface area contributed by atoms with Gasteiger partial charge in [-0.2, -0.15) is 13.2 Å². The highest BCUT2D eigenvalue weighted by molar-refractivity contribution is 7.91. The van der Waals surface area contributed by atoms with E-state index in [2.05, 4.69) is 0 Å². The van der Waals surface area contributed by atoms with Crippen LogP contribution in [0, 0.1) is 0 Å². The van der Waals surface area contributed by atoms with Gasteiger partial charge in [0.15, 0.2) is 0 Å². The molecule has 0 atom stereocenters. The first-order chi connectivity index (χ1) is 7.21. The Hall–Kier alpha value is -0.800. The second-order valence-corrected chi connectivity index (χ2v) is 5.87. The maximum Gasteiger partial charge on any atom is 0.390 e. The number of hydrogen-bond acceptors (Lipinski definition) is 4. The summed E-state index contributed by atoms with van der Waals surface area (Å²) in [6.07, 6.45) is -5.58. The molecule has 16 heavy (non-hydrogen) atoms.